The number of pyridine rings is 1. The molecule has 1 N–H and O–H groups in total. The van der Waals surface area contributed by atoms with Gasteiger partial charge in [0, 0.05) is 43.9 Å². The van der Waals surface area contributed by atoms with Crippen LogP contribution in [-0.2, 0) is 11.3 Å². The van der Waals surface area contributed by atoms with Crippen molar-refractivity contribution in [2.24, 2.45) is 0 Å². The van der Waals surface area contributed by atoms with Crippen LogP contribution in [0.15, 0.2) is 53.3 Å². The van der Waals surface area contributed by atoms with E-state index in [2.05, 4.69) is 31.5 Å². The lowest BCUT2D eigenvalue weighted by molar-refractivity contribution is 0.0906. The second kappa shape index (κ2) is 10.0. The van der Waals surface area contributed by atoms with E-state index >= 15 is 0 Å². The smallest absolute Gasteiger partial charge is 0.253 e. The number of anilines is 1. The molecule has 2 unspecified atom stereocenters. The number of nitrogens with one attached hydrogen (secondary N) is 1. The van der Waals surface area contributed by atoms with E-state index in [-0.39, 0.29) is 17.5 Å². The van der Waals surface area contributed by atoms with Crippen LogP contribution in [0.1, 0.15) is 35.8 Å². The van der Waals surface area contributed by atoms with E-state index in [4.69, 9.17) is 4.74 Å². The zero-order valence-corrected chi connectivity index (χ0v) is 20.8. The fraction of sp³-hybridized carbons (Fsp3) is 0.407. The van der Waals surface area contributed by atoms with E-state index in [1.165, 1.54) is 6.07 Å². The zero-order chi connectivity index (χ0) is 25.4. The molecule has 0 saturated carbocycles. The van der Waals surface area contributed by atoms with Crippen molar-refractivity contribution < 1.29 is 9.13 Å². The molecule has 192 valence electrons. The summed E-state index contributed by atoms with van der Waals surface area (Å²) in [5.41, 5.74) is 2.94. The molecule has 0 radical (unpaired) electrons. The molecule has 2 aliphatic rings. The number of tetrazole rings is 1. The lowest BCUT2D eigenvalue weighted by atomic mass is 10.0. The number of aromatic nitrogens is 5. The average Bonchev–Trinajstić information content (AvgIpc) is 3.59. The second-order valence-electron chi connectivity index (χ2n) is 9.88. The van der Waals surface area contributed by atoms with Crippen molar-refractivity contribution in [2.45, 2.75) is 38.5 Å². The third-order valence-corrected chi connectivity index (χ3v) is 7.40. The Hall–Kier alpha value is -3.63. The molecule has 0 aliphatic carbocycles. The highest BCUT2D eigenvalue weighted by atomic mass is 19.1. The van der Waals surface area contributed by atoms with Crippen molar-refractivity contribution in [3.05, 3.63) is 81.7 Å². The molecule has 2 atom stereocenters. The fourth-order valence-electron chi connectivity index (χ4n) is 5.49. The van der Waals surface area contributed by atoms with E-state index < -0.39 is 6.04 Å². The summed E-state index contributed by atoms with van der Waals surface area (Å²) in [4.78, 5) is 20.8. The van der Waals surface area contributed by atoms with Gasteiger partial charge in [-0.2, -0.15) is 0 Å². The lowest BCUT2D eigenvalue weighted by Crippen LogP contribution is -2.49. The van der Waals surface area contributed by atoms with Gasteiger partial charge in [0.1, 0.15) is 11.9 Å². The Kier molecular flexibility index (Phi) is 6.43. The Morgan fingerprint density at radius 2 is 1.97 bits per heavy atom. The van der Waals surface area contributed by atoms with Gasteiger partial charge in [-0.05, 0) is 65.9 Å². The Bertz CT molecular complexity index is 1450. The van der Waals surface area contributed by atoms with E-state index in [9.17, 15) is 9.18 Å². The largest absolute Gasteiger partial charge is 0.376 e. The molecule has 4 heterocycles. The van der Waals surface area contributed by atoms with Crippen molar-refractivity contribution >= 4 is 16.6 Å². The molecule has 2 saturated heterocycles. The van der Waals surface area contributed by atoms with Gasteiger partial charge < -0.3 is 14.6 Å². The van der Waals surface area contributed by atoms with Gasteiger partial charge in [0.05, 0.1) is 18.3 Å². The quantitative estimate of drug-likeness (QED) is 0.432. The summed E-state index contributed by atoms with van der Waals surface area (Å²) in [6, 6.07) is 14.3. The minimum absolute atomic E-state index is 0.0540. The molecule has 0 amide bonds. The summed E-state index contributed by atoms with van der Waals surface area (Å²) in [5, 5.41) is 13.7. The Balaban J connectivity index is 1.37. The molecule has 2 aromatic carbocycles. The van der Waals surface area contributed by atoms with Gasteiger partial charge in [0.2, 0.25) is 0 Å². The number of ether oxygens (including phenoxy) is 1. The summed E-state index contributed by atoms with van der Waals surface area (Å²) < 4.78 is 22.1. The van der Waals surface area contributed by atoms with E-state index in [0.29, 0.717) is 49.8 Å². The summed E-state index contributed by atoms with van der Waals surface area (Å²) in [6.45, 7) is 5.80. The molecule has 10 heteroatoms. The van der Waals surface area contributed by atoms with Gasteiger partial charge >= 0.3 is 0 Å². The van der Waals surface area contributed by atoms with E-state index in [1.807, 2.05) is 36.1 Å². The topological polar surface area (TPSA) is 92.2 Å². The van der Waals surface area contributed by atoms with Crippen LogP contribution in [-0.4, -0.2) is 69.0 Å². The van der Waals surface area contributed by atoms with Crippen LogP contribution < -0.4 is 10.5 Å². The van der Waals surface area contributed by atoms with Gasteiger partial charge in [0.25, 0.3) is 5.56 Å². The van der Waals surface area contributed by atoms with Crippen molar-refractivity contribution in [3.63, 3.8) is 0 Å². The maximum atomic E-state index is 14.5. The van der Waals surface area contributed by atoms with Crippen molar-refractivity contribution in [2.75, 3.05) is 37.7 Å². The summed E-state index contributed by atoms with van der Waals surface area (Å²) in [7, 11) is 0. The maximum absolute atomic E-state index is 14.5. The number of para-hydroxylation sites is 1. The molecule has 37 heavy (non-hydrogen) atoms. The van der Waals surface area contributed by atoms with Gasteiger partial charge in [0.15, 0.2) is 5.82 Å². The van der Waals surface area contributed by atoms with Crippen LogP contribution in [0.25, 0.3) is 10.9 Å². The molecule has 2 fully saturated rings. The van der Waals surface area contributed by atoms with Gasteiger partial charge in [-0.1, -0.05) is 23.8 Å². The summed E-state index contributed by atoms with van der Waals surface area (Å²) >= 11 is 0. The summed E-state index contributed by atoms with van der Waals surface area (Å²) in [6.07, 6.45) is 2.03. The summed E-state index contributed by atoms with van der Waals surface area (Å²) in [5.74, 6) is 0.390. The Morgan fingerprint density at radius 3 is 2.76 bits per heavy atom. The number of piperazine rings is 1. The molecule has 9 nitrogen and oxygen atoms in total. The second-order valence-corrected chi connectivity index (χ2v) is 9.88. The van der Waals surface area contributed by atoms with Crippen LogP contribution in [0.3, 0.4) is 0 Å². The number of benzene rings is 2. The molecule has 2 aromatic heterocycles. The van der Waals surface area contributed by atoms with Crippen LogP contribution in [0.4, 0.5) is 10.1 Å². The molecule has 2 aliphatic heterocycles. The highest BCUT2D eigenvalue weighted by molar-refractivity contribution is 5.79. The minimum Gasteiger partial charge on any atom is -0.376 e. The van der Waals surface area contributed by atoms with E-state index in [1.54, 1.807) is 16.8 Å². The third kappa shape index (κ3) is 4.74. The standard InChI is InChI=1S/C27H30FN7O2/c1-18-8-9-23-19(15-18)16-21(27(36)29-23)25(26-30-31-32-35(26)17-20-5-4-14-37-20)34-12-10-33(11-13-34)24-7-3-2-6-22(24)28/h2-3,6-9,15-16,20,25H,4-5,10-14,17H2,1H3,(H,29,36). The van der Waals surface area contributed by atoms with Crippen molar-refractivity contribution in [1.82, 2.24) is 30.1 Å². The third-order valence-electron chi connectivity index (χ3n) is 7.40. The molecule has 6 rings (SSSR count). The number of fused-ring (bicyclic) bond motifs is 1. The molecular weight excluding hydrogens is 473 g/mol. The first-order valence-corrected chi connectivity index (χ1v) is 12.8. The monoisotopic (exact) mass is 503 g/mol. The fourth-order valence-corrected chi connectivity index (χ4v) is 5.49. The Morgan fingerprint density at radius 1 is 1.14 bits per heavy atom. The highest BCUT2D eigenvalue weighted by Gasteiger charge is 2.34. The zero-order valence-electron chi connectivity index (χ0n) is 20.8. The van der Waals surface area contributed by atoms with Crippen LogP contribution in [0.2, 0.25) is 0 Å². The first kappa shape index (κ1) is 23.7. The normalized spacial score (nSPS) is 19.5. The van der Waals surface area contributed by atoms with Crippen LogP contribution >= 0.6 is 0 Å². The SMILES string of the molecule is Cc1ccc2[nH]c(=O)c(C(c3nnnn3CC3CCCO3)N3CCN(c4ccccc4F)CC3)cc2c1. The predicted molar refractivity (Wildman–Crippen MR) is 138 cm³/mol. The molecule has 4 aromatic rings. The number of halogens is 1. The highest BCUT2D eigenvalue weighted by Crippen LogP contribution is 2.30. The lowest BCUT2D eigenvalue weighted by Gasteiger charge is -2.39. The first-order valence-electron chi connectivity index (χ1n) is 12.8. The number of nitrogens with zero attached hydrogens (tertiary/aromatic N) is 6. The number of H-pyrrole nitrogens is 1. The van der Waals surface area contributed by atoms with Crippen LogP contribution in [0, 0.1) is 12.7 Å². The van der Waals surface area contributed by atoms with Crippen molar-refractivity contribution in [3.8, 4) is 0 Å². The maximum Gasteiger partial charge on any atom is 0.253 e. The number of aryl methyl sites for hydroxylation is 1. The molecular formula is C27H30FN7O2. The molecule has 0 bridgehead atoms. The Labute approximate surface area is 213 Å². The first-order chi connectivity index (χ1) is 18.1. The average molecular weight is 504 g/mol. The van der Waals surface area contributed by atoms with Gasteiger partial charge in [-0.25, -0.2) is 9.07 Å². The van der Waals surface area contributed by atoms with Crippen LogP contribution in [0.5, 0.6) is 0 Å². The van der Waals surface area contributed by atoms with Gasteiger partial charge in [-0.3, -0.25) is 9.69 Å². The number of hydrogen-bond acceptors (Lipinski definition) is 7. The predicted octanol–water partition coefficient (Wildman–Crippen LogP) is 3.05. The number of hydrogen-bond donors (Lipinski definition) is 1. The number of rotatable bonds is 6. The molecule has 0 spiro atoms. The van der Waals surface area contributed by atoms with E-state index in [0.717, 1.165) is 35.9 Å². The van der Waals surface area contributed by atoms with Crippen molar-refractivity contribution in [1.29, 1.82) is 0 Å². The number of aromatic amines is 1. The van der Waals surface area contributed by atoms with Gasteiger partial charge in [-0.15, -0.1) is 5.10 Å². The minimum atomic E-state index is -0.451.